The van der Waals surface area contributed by atoms with Crippen LogP contribution in [0.25, 0.3) is 0 Å². The fourth-order valence-electron chi connectivity index (χ4n) is 2.75. The summed E-state index contributed by atoms with van der Waals surface area (Å²) in [5.74, 6) is 1.77. The molecule has 0 aromatic rings. The Morgan fingerprint density at radius 3 is 2.53 bits per heavy atom. The monoisotopic (exact) mass is 211 g/mol. The van der Waals surface area contributed by atoms with Crippen LogP contribution < -0.4 is 5.32 Å². The van der Waals surface area contributed by atoms with Gasteiger partial charge in [-0.15, -0.1) is 0 Å². The van der Waals surface area contributed by atoms with E-state index in [4.69, 9.17) is 0 Å². The van der Waals surface area contributed by atoms with E-state index >= 15 is 0 Å². The van der Waals surface area contributed by atoms with Crippen LogP contribution in [0.4, 0.5) is 0 Å². The van der Waals surface area contributed by atoms with Gasteiger partial charge in [-0.05, 0) is 44.1 Å². The molecule has 2 nitrogen and oxygen atoms in total. The van der Waals surface area contributed by atoms with E-state index < -0.39 is 0 Å². The molecule has 2 saturated carbocycles. The summed E-state index contributed by atoms with van der Waals surface area (Å²) in [4.78, 5) is 0. The lowest BCUT2D eigenvalue weighted by atomic mass is 9.85. The van der Waals surface area contributed by atoms with Crippen molar-refractivity contribution >= 4 is 0 Å². The van der Waals surface area contributed by atoms with Crippen LogP contribution in [0.15, 0.2) is 0 Å². The van der Waals surface area contributed by atoms with E-state index in [9.17, 15) is 5.11 Å². The molecule has 2 rings (SSSR count). The maximum absolute atomic E-state index is 10.3. The maximum atomic E-state index is 10.3. The average Bonchev–Trinajstić information content (AvgIpc) is 3.01. The molecule has 2 aliphatic rings. The van der Waals surface area contributed by atoms with Crippen molar-refractivity contribution in [1.29, 1.82) is 0 Å². The van der Waals surface area contributed by atoms with Crippen molar-refractivity contribution in [2.24, 2.45) is 11.8 Å². The van der Waals surface area contributed by atoms with Gasteiger partial charge in [0.1, 0.15) is 0 Å². The normalized spacial score (nSPS) is 27.6. The van der Waals surface area contributed by atoms with Gasteiger partial charge in [-0.25, -0.2) is 0 Å². The highest BCUT2D eigenvalue weighted by Gasteiger charge is 2.30. The molecule has 0 spiro atoms. The van der Waals surface area contributed by atoms with E-state index in [1.807, 2.05) is 0 Å². The third kappa shape index (κ3) is 3.46. The summed E-state index contributed by atoms with van der Waals surface area (Å²) < 4.78 is 0. The highest BCUT2D eigenvalue weighted by Crippen LogP contribution is 2.36. The minimum atomic E-state index is -0.387. The largest absolute Gasteiger partial charge is 0.389 e. The molecule has 0 aromatic heterocycles. The van der Waals surface area contributed by atoms with E-state index in [0.717, 1.165) is 37.8 Å². The van der Waals surface area contributed by atoms with E-state index in [0.29, 0.717) is 0 Å². The van der Waals surface area contributed by atoms with Gasteiger partial charge in [0, 0.05) is 6.54 Å². The standard InChI is InChI=1S/C13H25NO/c1-11(12-5-6-12)9-14-10-13(15)7-3-2-4-8-13/h11-12,14-15H,2-10H2,1H3. The Hall–Kier alpha value is -0.0800. The molecule has 15 heavy (non-hydrogen) atoms. The first-order valence-corrected chi connectivity index (χ1v) is 6.63. The second-order valence-corrected chi connectivity index (χ2v) is 5.73. The van der Waals surface area contributed by atoms with E-state index in [2.05, 4.69) is 12.2 Å². The summed E-state index contributed by atoms with van der Waals surface area (Å²) in [6, 6.07) is 0. The molecule has 0 bridgehead atoms. The Bertz CT molecular complexity index is 195. The smallest absolute Gasteiger partial charge is 0.0771 e. The van der Waals surface area contributed by atoms with Crippen molar-refractivity contribution in [3.63, 3.8) is 0 Å². The SMILES string of the molecule is CC(CNCC1(O)CCCCC1)C1CC1. The van der Waals surface area contributed by atoms with Gasteiger partial charge in [0.25, 0.3) is 0 Å². The molecule has 2 N–H and O–H groups in total. The molecule has 1 unspecified atom stereocenters. The van der Waals surface area contributed by atoms with Crippen molar-refractivity contribution in [1.82, 2.24) is 5.32 Å². The molecule has 0 amide bonds. The minimum absolute atomic E-state index is 0.387. The van der Waals surface area contributed by atoms with Crippen LogP contribution in [-0.2, 0) is 0 Å². The predicted octanol–water partition coefficient (Wildman–Crippen LogP) is 2.32. The summed E-state index contributed by atoms with van der Waals surface area (Å²) in [6.07, 6.45) is 8.56. The molecule has 2 fully saturated rings. The zero-order valence-electron chi connectivity index (χ0n) is 9.97. The van der Waals surface area contributed by atoms with Gasteiger partial charge < -0.3 is 10.4 Å². The Morgan fingerprint density at radius 2 is 1.93 bits per heavy atom. The lowest BCUT2D eigenvalue weighted by Crippen LogP contribution is -2.43. The van der Waals surface area contributed by atoms with Crippen LogP contribution in [0.2, 0.25) is 0 Å². The number of aliphatic hydroxyl groups is 1. The Labute approximate surface area is 93.5 Å². The van der Waals surface area contributed by atoms with Gasteiger partial charge in [0.2, 0.25) is 0 Å². The maximum Gasteiger partial charge on any atom is 0.0771 e. The van der Waals surface area contributed by atoms with Crippen molar-refractivity contribution < 1.29 is 5.11 Å². The van der Waals surface area contributed by atoms with Crippen LogP contribution in [0.5, 0.6) is 0 Å². The van der Waals surface area contributed by atoms with Crippen LogP contribution in [0, 0.1) is 11.8 Å². The lowest BCUT2D eigenvalue weighted by molar-refractivity contribution is 0.00430. The highest BCUT2D eigenvalue weighted by molar-refractivity contribution is 4.86. The Kier molecular flexibility index (Phi) is 3.68. The van der Waals surface area contributed by atoms with E-state index in [-0.39, 0.29) is 5.60 Å². The second kappa shape index (κ2) is 4.84. The van der Waals surface area contributed by atoms with Gasteiger partial charge >= 0.3 is 0 Å². The fraction of sp³-hybridized carbons (Fsp3) is 1.00. The van der Waals surface area contributed by atoms with Gasteiger partial charge in [0.05, 0.1) is 5.60 Å². The summed E-state index contributed by atoms with van der Waals surface area (Å²) >= 11 is 0. The zero-order valence-corrected chi connectivity index (χ0v) is 9.97. The molecule has 0 heterocycles. The second-order valence-electron chi connectivity index (χ2n) is 5.73. The first kappa shape index (κ1) is 11.4. The van der Waals surface area contributed by atoms with Gasteiger partial charge in [0.15, 0.2) is 0 Å². The van der Waals surface area contributed by atoms with Gasteiger partial charge in [-0.3, -0.25) is 0 Å². The summed E-state index contributed by atoms with van der Waals surface area (Å²) in [7, 11) is 0. The van der Waals surface area contributed by atoms with Gasteiger partial charge in [-0.1, -0.05) is 26.2 Å². The summed E-state index contributed by atoms with van der Waals surface area (Å²) in [5, 5.41) is 13.7. The van der Waals surface area contributed by atoms with Crippen LogP contribution in [0.3, 0.4) is 0 Å². The van der Waals surface area contributed by atoms with Crippen molar-refractivity contribution in [3.8, 4) is 0 Å². The molecule has 88 valence electrons. The van der Waals surface area contributed by atoms with E-state index in [1.54, 1.807) is 0 Å². The van der Waals surface area contributed by atoms with Crippen molar-refractivity contribution in [2.75, 3.05) is 13.1 Å². The first-order valence-electron chi connectivity index (χ1n) is 6.63. The molecule has 0 radical (unpaired) electrons. The lowest BCUT2D eigenvalue weighted by Gasteiger charge is -2.32. The summed E-state index contributed by atoms with van der Waals surface area (Å²) in [5.41, 5.74) is -0.387. The number of nitrogens with one attached hydrogen (secondary N) is 1. The number of hydrogen-bond acceptors (Lipinski definition) is 2. The van der Waals surface area contributed by atoms with Crippen LogP contribution >= 0.6 is 0 Å². The molecule has 0 aliphatic heterocycles. The third-order valence-corrected chi connectivity index (χ3v) is 4.13. The topological polar surface area (TPSA) is 32.3 Å². The molecule has 1 atom stereocenters. The fourth-order valence-corrected chi connectivity index (χ4v) is 2.75. The molecular weight excluding hydrogens is 186 g/mol. The molecule has 2 heteroatoms. The predicted molar refractivity (Wildman–Crippen MR) is 62.8 cm³/mol. The van der Waals surface area contributed by atoms with Crippen molar-refractivity contribution in [2.45, 2.75) is 57.5 Å². The van der Waals surface area contributed by atoms with Crippen molar-refractivity contribution in [3.05, 3.63) is 0 Å². The quantitative estimate of drug-likeness (QED) is 0.731. The third-order valence-electron chi connectivity index (χ3n) is 4.13. The first-order chi connectivity index (χ1) is 7.20. The Morgan fingerprint density at radius 1 is 1.27 bits per heavy atom. The molecule has 2 aliphatic carbocycles. The molecular formula is C13H25NO. The van der Waals surface area contributed by atoms with Crippen LogP contribution in [-0.4, -0.2) is 23.8 Å². The van der Waals surface area contributed by atoms with Gasteiger partial charge in [-0.2, -0.15) is 0 Å². The zero-order chi connectivity index (χ0) is 10.7. The number of rotatable bonds is 5. The molecule has 0 saturated heterocycles. The highest BCUT2D eigenvalue weighted by atomic mass is 16.3. The number of hydrogen-bond donors (Lipinski definition) is 2. The molecule has 0 aromatic carbocycles. The average molecular weight is 211 g/mol. The Balaban J connectivity index is 1.63. The summed E-state index contributed by atoms with van der Waals surface area (Å²) in [6.45, 7) is 4.23. The van der Waals surface area contributed by atoms with Crippen LogP contribution in [0.1, 0.15) is 51.9 Å². The van der Waals surface area contributed by atoms with E-state index in [1.165, 1.54) is 32.1 Å². The minimum Gasteiger partial charge on any atom is -0.389 e.